The fraction of sp³-hybridized carbons (Fsp3) is 0.600. The molecule has 3 atom stereocenters. The van der Waals surface area contributed by atoms with E-state index in [0.717, 1.165) is 13.0 Å². The van der Waals surface area contributed by atoms with Crippen LogP contribution in [0.25, 0.3) is 0 Å². The summed E-state index contributed by atoms with van der Waals surface area (Å²) >= 11 is 0. The average Bonchev–Trinajstić information content (AvgIpc) is 2.40. The fourth-order valence-electron chi connectivity index (χ4n) is 2.38. The topological polar surface area (TPSA) is 38.5 Å². The van der Waals surface area contributed by atoms with Crippen LogP contribution >= 0.6 is 0 Å². The van der Waals surface area contributed by atoms with Gasteiger partial charge in [0.2, 0.25) is 0 Å². The van der Waals surface area contributed by atoms with Crippen LogP contribution in [0.4, 0.5) is 0 Å². The molecule has 0 heterocycles. The van der Waals surface area contributed by atoms with E-state index in [1.54, 1.807) is 7.11 Å². The largest absolute Gasteiger partial charge is 0.383 e. The Morgan fingerprint density at radius 2 is 1.89 bits per heavy atom. The molecule has 0 aliphatic carbocycles. The summed E-state index contributed by atoms with van der Waals surface area (Å²) in [6, 6.07) is 11.0. The van der Waals surface area contributed by atoms with Crippen molar-refractivity contribution in [2.45, 2.75) is 38.4 Å². The van der Waals surface area contributed by atoms with Crippen LogP contribution < -0.4 is 5.73 Å². The smallest absolute Gasteiger partial charge is 0.0615 e. The number of hydrogen-bond donors (Lipinski definition) is 1. The van der Waals surface area contributed by atoms with Gasteiger partial charge in [-0.1, -0.05) is 37.3 Å². The molecule has 0 amide bonds. The lowest BCUT2D eigenvalue weighted by atomic mass is 9.96. The number of nitrogens with zero attached hydrogens (tertiary/aromatic N) is 1. The molecule has 0 saturated carbocycles. The molecule has 0 fully saturated rings. The Morgan fingerprint density at radius 1 is 1.28 bits per heavy atom. The predicted molar refractivity (Wildman–Crippen MR) is 76.6 cm³/mol. The fourth-order valence-corrected chi connectivity index (χ4v) is 2.38. The Balaban J connectivity index is 2.76. The quantitative estimate of drug-likeness (QED) is 0.808. The maximum atomic E-state index is 6.40. The zero-order valence-corrected chi connectivity index (χ0v) is 12.0. The molecule has 0 bridgehead atoms. The van der Waals surface area contributed by atoms with Gasteiger partial charge in [-0.15, -0.1) is 0 Å². The molecule has 102 valence electrons. The van der Waals surface area contributed by atoms with Crippen LogP contribution in [0.3, 0.4) is 0 Å². The number of hydrogen-bond acceptors (Lipinski definition) is 3. The zero-order valence-electron chi connectivity index (χ0n) is 12.0. The van der Waals surface area contributed by atoms with Gasteiger partial charge in [0.1, 0.15) is 0 Å². The van der Waals surface area contributed by atoms with E-state index in [-0.39, 0.29) is 6.04 Å². The molecule has 1 aromatic carbocycles. The lowest BCUT2D eigenvalue weighted by Crippen LogP contribution is -2.46. The summed E-state index contributed by atoms with van der Waals surface area (Å²) in [6.45, 7) is 5.09. The molecule has 3 heteroatoms. The summed E-state index contributed by atoms with van der Waals surface area (Å²) < 4.78 is 5.22. The molecular formula is C15H26N2O. The molecule has 18 heavy (non-hydrogen) atoms. The number of benzene rings is 1. The van der Waals surface area contributed by atoms with Crippen molar-refractivity contribution in [1.82, 2.24) is 4.90 Å². The molecule has 0 spiro atoms. The van der Waals surface area contributed by atoms with Gasteiger partial charge in [-0.25, -0.2) is 0 Å². The van der Waals surface area contributed by atoms with Crippen molar-refractivity contribution < 1.29 is 4.74 Å². The summed E-state index contributed by atoms with van der Waals surface area (Å²) in [4.78, 5) is 2.32. The summed E-state index contributed by atoms with van der Waals surface area (Å²) in [6.07, 6.45) is 1.03. The summed E-state index contributed by atoms with van der Waals surface area (Å²) in [5.74, 6) is 0. The van der Waals surface area contributed by atoms with Crippen LogP contribution in [0, 0.1) is 0 Å². The van der Waals surface area contributed by atoms with Crippen LogP contribution in [0.2, 0.25) is 0 Å². The molecule has 0 aliphatic heterocycles. The van der Waals surface area contributed by atoms with Crippen LogP contribution in [0.1, 0.15) is 31.9 Å². The van der Waals surface area contributed by atoms with E-state index in [4.69, 9.17) is 10.5 Å². The monoisotopic (exact) mass is 250 g/mol. The highest BCUT2D eigenvalue weighted by Gasteiger charge is 2.25. The van der Waals surface area contributed by atoms with Gasteiger partial charge >= 0.3 is 0 Å². The molecule has 0 saturated heterocycles. The third-order valence-corrected chi connectivity index (χ3v) is 3.64. The van der Waals surface area contributed by atoms with Crippen LogP contribution in [0.15, 0.2) is 30.3 Å². The first kappa shape index (κ1) is 15.2. The highest BCUT2D eigenvalue weighted by Crippen LogP contribution is 2.21. The van der Waals surface area contributed by atoms with Gasteiger partial charge in [-0.3, -0.25) is 4.90 Å². The molecule has 0 radical (unpaired) electrons. The minimum absolute atomic E-state index is 0.0421. The minimum Gasteiger partial charge on any atom is -0.383 e. The highest BCUT2D eigenvalue weighted by molar-refractivity contribution is 5.20. The van der Waals surface area contributed by atoms with E-state index in [1.165, 1.54) is 5.56 Å². The predicted octanol–water partition coefficient (Wildman–Crippen LogP) is 2.43. The van der Waals surface area contributed by atoms with Crippen LogP contribution in [-0.4, -0.2) is 37.7 Å². The van der Waals surface area contributed by atoms with E-state index in [2.05, 4.69) is 37.9 Å². The van der Waals surface area contributed by atoms with Crippen LogP contribution in [0.5, 0.6) is 0 Å². The van der Waals surface area contributed by atoms with Gasteiger partial charge in [0.15, 0.2) is 0 Å². The second-order valence-electron chi connectivity index (χ2n) is 4.88. The number of likely N-dealkylation sites (N-methyl/N-ethyl adjacent to an activating group) is 1. The molecule has 1 aromatic rings. The summed E-state index contributed by atoms with van der Waals surface area (Å²) in [5, 5.41) is 0. The Kier molecular flexibility index (Phi) is 6.33. The molecule has 1 rings (SSSR count). The van der Waals surface area contributed by atoms with Gasteiger partial charge in [-0.05, 0) is 26.0 Å². The first-order valence-electron chi connectivity index (χ1n) is 6.63. The number of rotatable bonds is 7. The Labute approximate surface area is 111 Å². The van der Waals surface area contributed by atoms with E-state index >= 15 is 0 Å². The summed E-state index contributed by atoms with van der Waals surface area (Å²) in [5.41, 5.74) is 7.60. The molecule has 2 N–H and O–H groups in total. The van der Waals surface area contributed by atoms with Crippen molar-refractivity contribution in [3.8, 4) is 0 Å². The van der Waals surface area contributed by atoms with E-state index in [9.17, 15) is 0 Å². The average molecular weight is 250 g/mol. The van der Waals surface area contributed by atoms with Crippen molar-refractivity contribution >= 4 is 0 Å². The van der Waals surface area contributed by atoms with Crippen molar-refractivity contribution in [1.29, 1.82) is 0 Å². The Morgan fingerprint density at radius 3 is 2.39 bits per heavy atom. The van der Waals surface area contributed by atoms with E-state index in [0.29, 0.717) is 12.1 Å². The van der Waals surface area contributed by atoms with Crippen molar-refractivity contribution in [2.75, 3.05) is 20.8 Å². The Hall–Kier alpha value is -0.900. The molecule has 0 aliphatic rings. The van der Waals surface area contributed by atoms with Crippen molar-refractivity contribution in [3.63, 3.8) is 0 Å². The van der Waals surface area contributed by atoms with E-state index < -0.39 is 0 Å². The van der Waals surface area contributed by atoms with Gasteiger partial charge in [-0.2, -0.15) is 0 Å². The Bertz CT molecular complexity index is 329. The van der Waals surface area contributed by atoms with Gasteiger partial charge in [0, 0.05) is 25.2 Å². The third-order valence-electron chi connectivity index (χ3n) is 3.64. The number of nitrogens with two attached hydrogens (primary N) is 1. The maximum absolute atomic E-state index is 6.40. The van der Waals surface area contributed by atoms with E-state index in [1.807, 2.05) is 18.2 Å². The molecule has 3 unspecified atom stereocenters. The molecule has 3 nitrogen and oxygen atoms in total. The number of methoxy groups -OCH3 is 1. The molecular weight excluding hydrogens is 224 g/mol. The number of ether oxygens (including phenoxy) is 1. The lowest BCUT2D eigenvalue weighted by Gasteiger charge is -2.36. The van der Waals surface area contributed by atoms with Crippen molar-refractivity contribution in [2.24, 2.45) is 5.73 Å². The summed E-state index contributed by atoms with van der Waals surface area (Å²) in [7, 11) is 3.86. The lowest BCUT2D eigenvalue weighted by molar-refractivity contribution is 0.0785. The molecule has 0 aromatic heterocycles. The second-order valence-corrected chi connectivity index (χ2v) is 4.88. The normalized spacial score (nSPS) is 16.6. The first-order valence-corrected chi connectivity index (χ1v) is 6.63. The van der Waals surface area contributed by atoms with Crippen LogP contribution in [-0.2, 0) is 4.74 Å². The minimum atomic E-state index is 0.0421. The van der Waals surface area contributed by atoms with Crippen molar-refractivity contribution in [3.05, 3.63) is 35.9 Å². The standard InChI is InChI=1S/C15H26N2O/c1-5-14(17(3)12(2)11-18-4)15(16)13-9-7-6-8-10-13/h6-10,12,14-15H,5,11,16H2,1-4H3. The zero-order chi connectivity index (χ0) is 13.5. The third kappa shape index (κ3) is 3.80. The highest BCUT2D eigenvalue weighted by atomic mass is 16.5. The maximum Gasteiger partial charge on any atom is 0.0615 e. The second kappa shape index (κ2) is 7.52. The first-order chi connectivity index (χ1) is 8.61. The van der Waals surface area contributed by atoms with Gasteiger partial charge in [0.05, 0.1) is 6.61 Å². The van der Waals surface area contributed by atoms with Gasteiger partial charge in [0.25, 0.3) is 0 Å². The SMILES string of the molecule is CCC(C(N)c1ccccc1)N(C)C(C)COC. The van der Waals surface area contributed by atoms with Gasteiger partial charge < -0.3 is 10.5 Å².